The first-order valence-corrected chi connectivity index (χ1v) is 10.7. The number of carbonyl (C=O) groups is 2. The minimum Gasteiger partial charge on any atom is -0.493 e. The van der Waals surface area contributed by atoms with Crippen molar-refractivity contribution in [3.8, 4) is 11.5 Å². The van der Waals surface area contributed by atoms with Gasteiger partial charge in [-0.3, -0.25) is 9.59 Å². The third-order valence-corrected chi connectivity index (χ3v) is 6.14. The number of ether oxygens (including phenoxy) is 2. The summed E-state index contributed by atoms with van der Waals surface area (Å²) in [7, 11) is 3.11. The fourth-order valence-corrected chi connectivity index (χ4v) is 4.36. The van der Waals surface area contributed by atoms with Gasteiger partial charge < -0.3 is 19.5 Å². The van der Waals surface area contributed by atoms with Crippen molar-refractivity contribution >= 4 is 17.4 Å². The Morgan fingerprint density at radius 1 is 0.970 bits per heavy atom. The van der Waals surface area contributed by atoms with E-state index in [1.54, 1.807) is 50.6 Å². The van der Waals surface area contributed by atoms with Gasteiger partial charge in [0.05, 0.1) is 32.9 Å². The van der Waals surface area contributed by atoms with E-state index in [9.17, 15) is 14.7 Å². The molecule has 170 valence electrons. The van der Waals surface area contributed by atoms with Gasteiger partial charge in [-0.1, -0.05) is 42.0 Å². The number of hydrogen-bond donors (Lipinski definition) is 1. The van der Waals surface area contributed by atoms with Crippen LogP contribution in [-0.2, 0) is 16.9 Å². The van der Waals surface area contributed by atoms with Crippen molar-refractivity contribution in [1.29, 1.82) is 0 Å². The molecule has 0 aliphatic carbocycles. The lowest BCUT2D eigenvalue weighted by atomic mass is 9.87. The van der Waals surface area contributed by atoms with E-state index in [0.29, 0.717) is 28.3 Å². The number of amides is 1. The van der Waals surface area contributed by atoms with Crippen molar-refractivity contribution < 1.29 is 24.2 Å². The smallest absolute Gasteiger partial charge is 0.264 e. The van der Waals surface area contributed by atoms with Crippen molar-refractivity contribution in [3.63, 3.8) is 0 Å². The SMILES string of the molecule is COc1ccc(CN2C(=O)[C@@](O)(CC(=O)c3cc(C)ccc3C)c3ccccc32)cc1OC. The summed E-state index contributed by atoms with van der Waals surface area (Å²) >= 11 is 0. The minimum absolute atomic E-state index is 0.218. The summed E-state index contributed by atoms with van der Waals surface area (Å²) < 4.78 is 10.7. The van der Waals surface area contributed by atoms with Gasteiger partial charge in [-0.25, -0.2) is 0 Å². The van der Waals surface area contributed by atoms with Crippen LogP contribution in [0.15, 0.2) is 60.7 Å². The zero-order chi connectivity index (χ0) is 23.8. The second-order valence-corrected chi connectivity index (χ2v) is 8.38. The Morgan fingerprint density at radius 3 is 2.42 bits per heavy atom. The number of Topliss-reactive ketones (excluding diaryl/α,β-unsaturated/α-hetero) is 1. The highest BCUT2D eigenvalue weighted by Crippen LogP contribution is 2.44. The van der Waals surface area contributed by atoms with E-state index in [4.69, 9.17) is 9.47 Å². The molecule has 1 N–H and O–H groups in total. The lowest BCUT2D eigenvalue weighted by Gasteiger charge is -2.23. The molecular formula is C27H27NO5. The maximum Gasteiger partial charge on any atom is 0.264 e. The predicted octanol–water partition coefficient (Wildman–Crippen LogP) is 4.33. The average Bonchev–Trinajstić information content (AvgIpc) is 3.02. The number of methoxy groups -OCH3 is 2. The molecule has 0 saturated carbocycles. The molecule has 4 rings (SSSR count). The number of anilines is 1. The highest BCUT2D eigenvalue weighted by Gasteiger charge is 2.50. The molecule has 0 aromatic heterocycles. The first-order valence-electron chi connectivity index (χ1n) is 10.7. The van der Waals surface area contributed by atoms with Gasteiger partial charge in [0.15, 0.2) is 22.9 Å². The van der Waals surface area contributed by atoms with Crippen molar-refractivity contribution in [2.45, 2.75) is 32.4 Å². The number of hydrogen-bond acceptors (Lipinski definition) is 5. The van der Waals surface area contributed by atoms with E-state index in [-0.39, 0.29) is 18.7 Å². The number of para-hydroxylation sites is 1. The Morgan fingerprint density at radius 2 is 1.70 bits per heavy atom. The van der Waals surface area contributed by atoms with Crippen LogP contribution in [0.2, 0.25) is 0 Å². The Balaban J connectivity index is 1.68. The third-order valence-electron chi connectivity index (χ3n) is 6.14. The maximum atomic E-state index is 13.6. The van der Waals surface area contributed by atoms with E-state index in [1.807, 2.05) is 38.1 Å². The molecule has 1 amide bonds. The summed E-state index contributed by atoms with van der Waals surface area (Å²) in [5.74, 6) is 0.354. The minimum atomic E-state index is -1.93. The molecule has 6 nitrogen and oxygen atoms in total. The molecule has 0 fully saturated rings. The summed E-state index contributed by atoms with van der Waals surface area (Å²) in [5, 5.41) is 11.6. The van der Waals surface area contributed by atoms with Gasteiger partial charge in [-0.2, -0.15) is 0 Å². The van der Waals surface area contributed by atoms with Crippen LogP contribution in [0.5, 0.6) is 11.5 Å². The van der Waals surface area contributed by atoms with Crippen LogP contribution in [0, 0.1) is 13.8 Å². The first-order chi connectivity index (χ1) is 15.8. The van der Waals surface area contributed by atoms with Crippen LogP contribution < -0.4 is 14.4 Å². The van der Waals surface area contributed by atoms with Gasteiger partial charge >= 0.3 is 0 Å². The molecular weight excluding hydrogens is 418 g/mol. The number of benzene rings is 3. The molecule has 0 spiro atoms. The van der Waals surface area contributed by atoms with Gasteiger partial charge in [0.2, 0.25) is 0 Å². The van der Waals surface area contributed by atoms with Gasteiger partial charge in [0, 0.05) is 11.1 Å². The molecule has 6 heteroatoms. The van der Waals surface area contributed by atoms with Gasteiger partial charge in [-0.15, -0.1) is 0 Å². The van der Waals surface area contributed by atoms with Crippen LogP contribution in [-0.4, -0.2) is 31.0 Å². The van der Waals surface area contributed by atoms with E-state index >= 15 is 0 Å². The highest BCUT2D eigenvalue weighted by atomic mass is 16.5. The number of ketones is 1. The highest BCUT2D eigenvalue weighted by molar-refractivity contribution is 6.11. The van der Waals surface area contributed by atoms with Crippen molar-refractivity contribution in [2.75, 3.05) is 19.1 Å². The molecule has 3 aromatic rings. The standard InChI is InChI=1S/C27H27NO5/c1-17-9-10-18(2)20(13-17)23(29)15-27(31)21-7-5-6-8-22(21)28(26(27)30)16-19-11-12-24(32-3)25(14-19)33-4/h5-14,31H,15-16H2,1-4H3/t27-/m1/s1. The second-order valence-electron chi connectivity index (χ2n) is 8.38. The molecule has 1 aliphatic rings. The first kappa shape index (κ1) is 22.6. The van der Waals surface area contributed by atoms with Crippen LogP contribution in [0.1, 0.15) is 39.0 Å². The lowest BCUT2D eigenvalue weighted by molar-refractivity contribution is -0.136. The van der Waals surface area contributed by atoms with Crippen LogP contribution in [0.3, 0.4) is 0 Å². The Labute approximate surface area is 193 Å². The number of rotatable bonds is 7. The molecule has 1 heterocycles. The monoisotopic (exact) mass is 445 g/mol. The molecule has 0 bridgehead atoms. The van der Waals surface area contributed by atoms with E-state index in [1.165, 1.54) is 4.90 Å². The summed E-state index contributed by atoms with van der Waals surface area (Å²) in [6, 6.07) is 18.1. The number of fused-ring (bicyclic) bond motifs is 1. The summed E-state index contributed by atoms with van der Waals surface area (Å²) in [4.78, 5) is 28.3. The molecule has 0 unspecified atom stereocenters. The Bertz CT molecular complexity index is 1230. The summed E-state index contributed by atoms with van der Waals surface area (Å²) in [6.07, 6.45) is -0.324. The molecule has 0 radical (unpaired) electrons. The van der Waals surface area contributed by atoms with Crippen molar-refractivity contribution in [1.82, 2.24) is 0 Å². The topological polar surface area (TPSA) is 76.1 Å². The number of carbonyl (C=O) groups excluding carboxylic acids is 2. The Kier molecular flexibility index (Phi) is 5.95. The van der Waals surface area contributed by atoms with Crippen molar-refractivity contribution in [3.05, 3.63) is 88.5 Å². The average molecular weight is 446 g/mol. The fraction of sp³-hybridized carbons (Fsp3) is 0.259. The normalized spacial score (nSPS) is 17.1. The van der Waals surface area contributed by atoms with Gasteiger partial charge in [-0.05, 0) is 49.2 Å². The van der Waals surface area contributed by atoms with Crippen molar-refractivity contribution in [2.24, 2.45) is 0 Å². The van der Waals surface area contributed by atoms with Crippen LogP contribution in [0.4, 0.5) is 5.69 Å². The number of nitrogens with zero attached hydrogens (tertiary/aromatic N) is 1. The predicted molar refractivity (Wildman–Crippen MR) is 126 cm³/mol. The van der Waals surface area contributed by atoms with Crippen LogP contribution >= 0.6 is 0 Å². The molecule has 1 aliphatic heterocycles. The lowest BCUT2D eigenvalue weighted by Crippen LogP contribution is -2.41. The third kappa shape index (κ3) is 3.98. The zero-order valence-electron chi connectivity index (χ0n) is 19.2. The molecule has 1 atom stereocenters. The van der Waals surface area contributed by atoms with E-state index in [0.717, 1.165) is 16.7 Å². The fourth-order valence-electron chi connectivity index (χ4n) is 4.36. The van der Waals surface area contributed by atoms with Crippen LogP contribution in [0.25, 0.3) is 0 Å². The zero-order valence-corrected chi connectivity index (χ0v) is 19.2. The largest absolute Gasteiger partial charge is 0.493 e. The number of aryl methyl sites for hydroxylation is 2. The summed E-state index contributed by atoms with van der Waals surface area (Å²) in [6.45, 7) is 3.98. The molecule has 33 heavy (non-hydrogen) atoms. The molecule has 3 aromatic carbocycles. The quantitative estimate of drug-likeness (QED) is 0.548. The van der Waals surface area contributed by atoms with E-state index in [2.05, 4.69) is 0 Å². The summed E-state index contributed by atoms with van der Waals surface area (Å²) in [5.41, 5.74) is 2.19. The van der Waals surface area contributed by atoms with E-state index < -0.39 is 11.5 Å². The molecule has 0 saturated heterocycles. The second kappa shape index (κ2) is 8.71. The Hall–Kier alpha value is -3.64. The van der Waals surface area contributed by atoms with Gasteiger partial charge in [0.25, 0.3) is 5.91 Å². The number of aliphatic hydroxyl groups is 1. The maximum absolute atomic E-state index is 13.6. The van der Waals surface area contributed by atoms with Gasteiger partial charge in [0.1, 0.15) is 0 Å².